The number of nitrogens with zero attached hydrogens (tertiary/aromatic N) is 2. The maximum absolute atomic E-state index is 10.4. The molecule has 2 rings (SSSR count). The predicted octanol–water partition coefficient (Wildman–Crippen LogP) is 2.83. The molecule has 1 aliphatic heterocycles. The lowest BCUT2D eigenvalue weighted by Gasteiger charge is -2.30. The van der Waals surface area contributed by atoms with Crippen LogP contribution in [0.5, 0.6) is 0 Å². The summed E-state index contributed by atoms with van der Waals surface area (Å²) < 4.78 is 0. The summed E-state index contributed by atoms with van der Waals surface area (Å²) in [7, 11) is 2.22. The summed E-state index contributed by atoms with van der Waals surface area (Å²) in [6.45, 7) is 8.83. The first-order valence-corrected chi connectivity index (χ1v) is 8.27. The third kappa shape index (κ3) is 4.80. The maximum Gasteiger partial charge on any atom is 0.0802 e. The lowest BCUT2D eigenvalue weighted by molar-refractivity contribution is 0.121. The Morgan fingerprint density at radius 2 is 1.95 bits per heavy atom. The van der Waals surface area contributed by atoms with Crippen LogP contribution in [0.4, 0.5) is 0 Å². The van der Waals surface area contributed by atoms with Crippen molar-refractivity contribution >= 4 is 0 Å². The SMILES string of the molecule is CCC1CN(C)CCCN1CCC(O)c1ccc(C)cc1. The monoisotopic (exact) mass is 290 g/mol. The van der Waals surface area contributed by atoms with E-state index >= 15 is 0 Å². The number of likely N-dealkylation sites (N-methyl/N-ethyl adjacent to an activating group) is 1. The van der Waals surface area contributed by atoms with Crippen LogP contribution in [0.25, 0.3) is 0 Å². The summed E-state index contributed by atoms with van der Waals surface area (Å²) in [6.07, 6.45) is 2.89. The molecule has 1 N–H and O–H groups in total. The molecule has 0 aromatic heterocycles. The van der Waals surface area contributed by atoms with Gasteiger partial charge in [0.25, 0.3) is 0 Å². The molecule has 0 bridgehead atoms. The summed E-state index contributed by atoms with van der Waals surface area (Å²) >= 11 is 0. The molecule has 2 unspecified atom stereocenters. The van der Waals surface area contributed by atoms with Gasteiger partial charge in [0.2, 0.25) is 0 Å². The second kappa shape index (κ2) is 7.92. The molecule has 1 aliphatic rings. The Bertz CT molecular complexity index is 418. The molecule has 0 saturated carbocycles. The maximum atomic E-state index is 10.4. The zero-order valence-electron chi connectivity index (χ0n) is 13.8. The van der Waals surface area contributed by atoms with Gasteiger partial charge in [0, 0.05) is 19.1 Å². The molecular formula is C18H30N2O. The average molecular weight is 290 g/mol. The first-order valence-electron chi connectivity index (χ1n) is 8.27. The lowest BCUT2D eigenvalue weighted by Crippen LogP contribution is -2.40. The fraction of sp³-hybridized carbons (Fsp3) is 0.667. The highest BCUT2D eigenvalue weighted by Gasteiger charge is 2.22. The zero-order valence-corrected chi connectivity index (χ0v) is 13.8. The highest BCUT2D eigenvalue weighted by atomic mass is 16.3. The molecular weight excluding hydrogens is 260 g/mol. The molecule has 118 valence electrons. The smallest absolute Gasteiger partial charge is 0.0802 e. The highest BCUT2D eigenvalue weighted by Crippen LogP contribution is 2.20. The number of rotatable bonds is 5. The molecule has 1 fully saturated rings. The summed E-state index contributed by atoms with van der Waals surface area (Å²) in [5.41, 5.74) is 2.29. The van der Waals surface area contributed by atoms with Crippen LogP contribution in [-0.4, -0.2) is 54.2 Å². The predicted molar refractivity (Wildman–Crippen MR) is 88.5 cm³/mol. The normalized spacial score (nSPS) is 23.0. The summed E-state index contributed by atoms with van der Waals surface area (Å²) in [6, 6.07) is 8.88. The second-order valence-electron chi connectivity index (χ2n) is 6.43. The Balaban J connectivity index is 1.89. The Morgan fingerprint density at radius 3 is 2.62 bits per heavy atom. The minimum absolute atomic E-state index is 0.343. The molecule has 3 heteroatoms. The molecule has 1 aromatic rings. The van der Waals surface area contributed by atoms with Crippen molar-refractivity contribution < 1.29 is 5.11 Å². The van der Waals surface area contributed by atoms with Gasteiger partial charge in [0.05, 0.1) is 6.10 Å². The van der Waals surface area contributed by atoms with E-state index in [2.05, 4.69) is 42.8 Å². The van der Waals surface area contributed by atoms with Crippen LogP contribution in [0.2, 0.25) is 0 Å². The Hall–Kier alpha value is -0.900. The minimum atomic E-state index is -0.343. The van der Waals surface area contributed by atoms with Gasteiger partial charge in [-0.15, -0.1) is 0 Å². The van der Waals surface area contributed by atoms with Crippen LogP contribution in [0.3, 0.4) is 0 Å². The quantitative estimate of drug-likeness (QED) is 0.903. The topological polar surface area (TPSA) is 26.7 Å². The Labute approximate surface area is 129 Å². The molecule has 1 aromatic carbocycles. The summed E-state index contributed by atoms with van der Waals surface area (Å²) in [4.78, 5) is 5.01. The fourth-order valence-electron chi connectivity index (χ4n) is 3.22. The van der Waals surface area contributed by atoms with E-state index in [1.807, 2.05) is 12.1 Å². The van der Waals surface area contributed by atoms with Crippen LogP contribution in [0.1, 0.15) is 43.4 Å². The highest BCUT2D eigenvalue weighted by molar-refractivity contribution is 5.23. The standard InChI is InChI=1S/C18H30N2O/c1-4-17-14-19(3)11-5-12-20(17)13-10-18(21)16-8-6-15(2)7-9-16/h6-9,17-18,21H,4-5,10-14H2,1-3H3. The molecule has 1 saturated heterocycles. The molecule has 0 spiro atoms. The second-order valence-corrected chi connectivity index (χ2v) is 6.43. The molecule has 1 heterocycles. The number of hydrogen-bond donors (Lipinski definition) is 1. The van der Waals surface area contributed by atoms with Crippen LogP contribution in [0.15, 0.2) is 24.3 Å². The molecule has 2 atom stereocenters. The van der Waals surface area contributed by atoms with Crippen molar-refractivity contribution in [1.29, 1.82) is 0 Å². The van der Waals surface area contributed by atoms with Crippen molar-refractivity contribution in [3.05, 3.63) is 35.4 Å². The molecule has 3 nitrogen and oxygen atoms in total. The van der Waals surface area contributed by atoms with E-state index in [1.165, 1.54) is 24.9 Å². The molecule has 0 aliphatic carbocycles. The van der Waals surface area contributed by atoms with Gasteiger partial charge in [-0.1, -0.05) is 36.8 Å². The van der Waals surface area contributed by atoms with E-state index in [1.54, 1.807) is 0 Å². The first kappa shape index (κ1) is 16.5. The van der Waals surface area contributed by atoms with E-state index in [0.717, 1.165) is 31.6 Å². The van der Waals surface area contributed by atoms with E-state index in [9.17, 15) is 5.11 Å². The first-order chi connectivity index (χ1) is 10.1. The van der Waals surface area contributed by atoms with Crippen molar-refractivity contribution in [3.8, 4) is 0 Å². The molecule has 21 heavy (non-hydrogen) atoms. The molecule has 0 amide bonds. The van der Waals surface area contributed by atoms with Crippen molar-refractivity contribution in [2.24, 2.45) is 0 Å². The van der Waals surface area contributed by atoms with Gasteiger partial charge in [-0.05, 0) is 51.9 Å². The van der Waals surface area contributed by atoms with Gasteiger partial charge in [-0.2, -0.15) is 0 Å². The van der Waals surface area contributed by atoms with Crippen molar-refractivity contribution in [1.82, 2.24) is 9.80 Å². The van der Waals surface area contributed by atoms with Crippen LogP contribution >= 0.6 is 0 Å². The Kier molecular flexibility index (Phi) is 6.22. The van der Waals surface area contributed by atoms with Gasteiger partial charge in [0.15, 0.2) is 0 Å². The van der Waals surface area contributed by atoms with Gasteiger partial charge in [-0.25, -0.2) is 0 Å². The Morgan fingerprint density at radius 1 is 1.24 bits per heavy atom. The van der Waals surface area contributed by atoms with Gasteiger partial charge < -0.3 is 10.0 Å². The summed E-state index contributed by atoms with van der Waals surface area (Å²) in [5.74, 6) is 0. The van der Waals surface area contributed by atoms with E-state index < -0.39 is 0 Å². The third-order valence-corrected chi connectivity index (χ3v) is 4.65. The number of hydrogen-bond acceptors (Lipinski definition) is 3. The number of benzene rings is 1. The zero-order chi connectivity index (χ0) is 15.2. The minimum Gasteiger partial charge on any atom is -0.388 e. The summed E-state index contributed by atoms with van der Waals surface area (Å²) in [5, 5.41) is 10.4. The van der Waals surface area contributed by atoms with E-state index in [-0.39, 0.29) is 6.10 Å². The van der Waals surface area contributed by atoms with Crippen molar-refractivity contribution in [3.63, 3.8) is 0 Å². The largest absolute Gasteiger partial charge is 0.388 e. The van der Waals surface area contributed by atoms with Crippen LogP contribution in [0, 0.1) is 6.92 Å². The van der Waals surface area contributed by atoms with E-state index in [4.69, 9.17) is 0 Å². The van der Waals surface area contributed by atoms with Gasteiger partial charge >= 0.3 is 0 Å². The number of aliphatic hydroxyl groups excluding tert-OH is 1. The third-order valence-electron chi connectivity index (χ3n) is 4.65. The number of aryl methyl sites for hydroxylation is 1. The van der Waals surface area contributed by atoms with Gasteiger partial charge in [-0.3, -0.25) is 4.90 Å². The lowest BCUT2D eigenvalue weighted by atomic mass is 10.0. The van der Waals surface area contributed by atoms with Crippen LogP contribution < -0.4 is 0 Å². The van der Waals surface area contributed by atoms with Gasteiger partial charge in [0.1, 0.15) is 0 Å². The average Bonchev–Trinajstić information content (AvgIpc) is 2.66. The van der Waals surface area contributed by atoms with E-state index in [0.29, 0.717) is 6.04 Å². The number of aliphatic hydroxyl groups is 1. The fourth-order valence-corrected chi connectivity index (χ4v) is 3.22. The van der Waals surface area contributed by atoms with Crippen molar-refractivity contribution in [2.75, 3.05) is 33.2 Å². The molecule has 0 radical (unpaired) electrons. The van der Waals surface area contributed by atoms with Crippen LogP contribution in [-0.2, 0) is 0 Å². The van der Waals surface area contributed by atoms with Crippen molar-refractivity contribution in [2.45, 2.75) is 45.3 Å².